The normalized spacial score (nSPS) is 17.5. The molecule has 106 valence electrons. The summed E-state index contributed by atoms with van der Waals surface area (Å²) in [4.78, 5) is 0.408. The van der Waals surface area contributed by atoms with Gasteiger partial charge in [-0.3, -0.25) is 0 Å². The molecule has 0 spiro atoms. The molecular formula is C15H23NO2S. The minimum absolute atomic E-state index is 0.0303. The van der Waals surface area contributed by atoms with Crippen molar-refractivity contribution >= 4 is 10.0 Å². The van der Waals surface area contributed by atoms with Gasteiger partial charge in [0.1, 0.15) is 0 Å². The van der Waals surface area contributed by atoms with Gasteiger partial charge in [0.2, 0.25) is 10.0 Å². The third-order valence-electron chi connectivity index (χ3n) is 3.46. The third-order valence-corrected chi connectivity index (χ3v) is 5.37. The molecule has 1 fully saturated rings. The van der Waals surface area contributed by atoms with Crippen molar-refractivity contribution in [3.63, 3.8) is 0 Å². The van der Waals surface area contributed by atoms with Crippen LogP contribution in [-0.2, 0) is 10.0 Å². The fourth-order valence-electron chi connectivity index (χ4n) is 2.28. The van der Waals surface area contributed by atoms with E-state index in [1.807, 2.05) is 6.07 Å². The molecule has 1 saturated carbocycles. The summed E-state index contributed by atoms with van der Waals surface area (Å²) in [5.74, 6) is 0. The second-order valence-electron chi connectivity index (χ2n) is 6.51. The van der Waals surface area contributed by atoms with Crippen molar-refractivity contribution in [3.8, 4) is 0 Å². The summed E-state index contributed by atoms with van der Waals surface area (Å²) in [6, 6.07) is 8.96. The molecule has 0 aliphatic heterocycles. The van der Waals surface area contributed by atoms with E-state index < -0.39 is 10.0 Å². The second kappa shape index (κ2) is 5.25. The van der Waals surface area contributed by atoms with Crippen LogP contribution in [0, 0.1) is 5.41 Å². The monoisotopic (exact) mass is 281 g/mol. The zero-order valence-corrected chi connectivity index (χ0v) is 12.8. The Kier molecular flexibility index (Phi) is 4.02. The molecule has 1 aromatic rings. The van der Waals surface area contributed by atoms with Gasteiger partial charge in [0, 0.05) is 12.6 Å². The van der Waals surface area contributed by atoms with Gasteiger partial charge in [0.25, 0.3) is 0 Å². The van der Waals surface area contributed by atoms with E-state index >= 15 is 0 Å². The highest BCUT2D eigenvalue weighted by atomic mass is 32.2. The number of rotatable bonds is 4. The lowest BCUT2D eigenvalue weighted by atomic mass is 9.90. The average molecular weight is 281 g/mol. The van der Waals surface area contributed by atoms with Crippen molar-refractivity contribution in [2.24, 2.45) is 5.41 Å². The average Bonchev–Trinajstić information content (AvgIpc) is 2.25. The van der Waals surface area contributed by atoms with Crippen LogP contribution in [0.3, 0.4) is 0 Å². The molecule has 4 heteroatoms. The maximum Gasteiger partial charge on any atom is 0.243 e. The van der Waals surface area contributed by atoms with E-state index in [1.165, 1.54) is 0 Å². The Labute approximate surface area is 116 Å². The summed E-state index contributed by atoms with van der Waals surface area (Å²) in [5, 5.41) is 0. The molecule has 0 N–H and O–H groups in total. The summed E-state index contributed by atoms with van der Waals surface area (Å²) < 4.78 is 27.3. The van der Waals surface area contributed by atoms with Crippen molar-refractivity contribution in [2.45, 2.75) is 51.0 Å². The Morgan fingerprint density at radius 3 is 2.16 bits per heavy atom. The van der Waals surface area contributed by atoms with Crippen molar-refractivity contribution in [1.82, 2.24) is 4.31 Å². The molecule has 1 aliphatic carbocycles. The Bertz CT molecular complexity index is 513. The third kappa shape index (κ3) is 3.37. The van der Waals surface area contributed by atoms with Crippen LogP contribution in [0.2, 0.25) is 0 Å². The van der Waals surface area contributed by atoms with E-state index in [-0.39, 0.29) is 11.5 Å². The molecule has 0 radical (unpaired) electrons. The summed E-state index contributed by atoms with van der Waals surface area (Å²) in [6.07, 6.45) is 3.11. The number of hydrogen-bond donors (Lipinski definition) is 0. The maximum atomic E-state index is 12.8. The first-order valence-electron chi connectivity index (χ1n) is 6.88. The topological polar surface area (TPSA) is 37.4 Å². The predicted octanol–water partition coefficient (Wildman–Crippen LogP) is 3.28. The molecule has 0 saturated heterocycles. The van der Waals surface area contributed by atoms with Gasteiger partial charge in [-0.05, 0) is 30.4 Å². The van der Waals surface area contributed by atoms with Crippen LogP contribution >= 0.6 is 0 Å². The van der Waals surface area contributed by atoms with Crippen molar-refractivity contribution in [3.05, 3.63) is 30.3 Å². The van der Waals surface area contributed by atoms with Crippen LogP contribution in [0.15, 0.2) is 35.2 Å². The van der Waals surface area contributed by atoms with Gasteiger partial charge in [-0.15, -0.1) is 0 Å². The lowest BCUT2D eigenvalue weighted by Crippen LogP contribution is -2.47. The van der Waals surface area contributed by atoms with E-state index in [2.05, 4.69) is 20.8 Å². The van der Waals surface area contributed by atoms with Crippen LogP contribution < -0.4 is 0 Å². The number of nitrogens with zero attached hydrogens (tertiary/aromatic N) is 1. The maximum absolute atomic E-state index is 12.8. The zero-order valence-electron chi connectivity index (χ0n) is 12.0. The van der Waals surface area contributed by atoms with Crippen LogP contribution in [0.1, 0.15) is 40.0 Å². The molecule has 1 aliphatic rings. The van der Waals surface area contributed by atoms with E-state index in [0.717, 1.165) is 19.3 Å². The highest BCUT2D eigenvalue weighted by molar-refractivity contribution is 7.89. The first-order chi connectivity index (χ1) is 8.81. The van der Waals surface area contributed by atoms with Gasteiger partial charge >= 0.3 is 0 Å². The fourth-order valence-corrected chi connectivity index (χ4v) is 4.21. The van der Waals surface area contributed by atoms with Gasteiger partial charge in [-0.25, -0.2) is 8.42 Å². The molecule has 0 atom stereocenters. The number of sulfonamides is 1. The van der Waals surface area contributed by atoms with E-state index in [1.54, 1.807) is 28.6 Å². The second-order valence-corrected chi connectivity index (χ2v) is 8.40. The molecule has 0 heterocycles. The fraction of sp³-hybridized carbons (Fsp3) is 0.600. The van der Waals surface area contributed by atoms with E-state index in [0.29, 0.717) is 11.4 Å². The molecule has 3 nitrogen and oxygen atoms in total. The minimum Gasteiger partial charge on any atom is -0.207 e. The van der Waals surface area contributed by atoms with Crippen molar-refractivity contribution < 1.29 is 8.42 Å². The molecular weight excluding hydrogens is 258 g/mol. The lowest BCUT2D eigenvalue weighted by Gasteiger charge is -2.39. The molecule has 0 unspecified atom stereocenters. The first-order valence-corrected chi connectivity index (χ1v) is 8.32. The largest absolute Gasteiger partial charge is 0.243 e. The van der Waals surface area contributed by atoms with Crippen molar-refractivity contribution in [1.29, 1.82) is 0 Å². The SMILES string of the molecule is CC(C)(C)CN(C1CCC1)S(=O)(=O)c1ccccc1. The Morgan fingerprint density at radius 1 is 1.16 bits per heavy atom. The molecule has 0 bridgehead atoms. The van der Waals surface area contributed by atoms with Gasteiger partial charge in [-0.2, -0.15) is 4.31 Å². The summed E-state index contributed by atoms with van der Waals surface area (Å²) >= 11 is 0. The van der Waals surface area contributed by atoms with Gasteiger partial charge in [0.15, 0.2) is 0 Å². The molecule has 19 heavy (non-hydrogen) atoms. The summed E-state index contributed by atoms with van der Waals surface area (Å²) in [7, 11) is -3.36. The number of benzene rings is 1. The summed E-state index contributed by atoms with van der Waals surface area (Å²) in [6.45, 7) is 6.83. The molecule has 0 amide bonds. The Balaban J connectivity index is 2.32. The highest BCUT2D eigenvalue weighted by Gasteiger charge is 2.36. The minimum atomic E-state index is -3.36. The molecule has 0 aromatic heterocycles. The molecule has 1 aromatic carbocycles. The lowest BCUT2D eigenvalue weighted by molar-refractivity contribution is 0.171. The quantitative estimate of drug-likeness (QED) is 0.849. The summed E-state index contributed by atoms with van der Waals surface area (Å²) in [5.41, 5.74) is -0.0303. The predicted molar refractivity (Wildman–Crippen MR) is 77.4 cm³/mol. The standard InChI is InChI=1S/C15H23NO2S/c1-15(2,3)12-16(13-8-7-9-13)19(17,18)14-10-5-4-6-11-14/h4-6,10-11,13H,7-9,12H2,1-3H3. The Morgan fingerprint density at radius 2 is 1.74 bits per heavy atom. The highest BCUT2D eigenvalue weighted by Crippen LogP contribution is 2.32. The smallest absolute Gasteiger partial charge is 0.207 e. The first kappa shape index (κ1) is 14.5. The van der Waals surface area contributed by atoms with Crippen LogP contribution in [0.5, 0.6) is 0 Å². The van der Waals surface area contributed by atoms with Gasteiger partial charge in [-0.1, -0.05) is 45.4 Å². The van der Waals surface area contributed by atoms with Crippen LogP contribution in [0.25, 0.3) is 0 Å². The number of hydrogen-bond acceptors (Lipinski definition) is 2. The molecule has 2 rings (SSSR count). The van der Waals surface area contributed by atoms with Gasteiger partial charge < -0.3 is 0 Å². The van der Waals surface area contributed by atoms with Crippen molar-refractivity contribution in [2.75, 3.05) is 6.54 Å². The van der Waals surface area contributed by atoms with Crippen LogP contribution in [0.4, 0.5) is 0 Å². The van der Waals surface area contributed by atoms with Crippen LogP contribution in [-0.4, -0.2) is 25.3 Å². The zero-order chi connectivity index (χ0) is 14.1. The van der Waals surface area contributed by atoms with E-state index in [4.69, 9.17) is 0 Å². The van der Waals surface area contributed by atoms with Gasteiger partial charge in [0.05, 0.1) is 4.90 Å². The van der Waals surface area contributed by atoms with E-state index in [9.17, 15) is 8.42 Å². The Hall–Kier alpha value is -0.870.